The fourth-order valence-electron chi connectivity index (χ4n) is 2.30. The topological polar surface area (TPSA) is 112 Å². The number of aromatic nitrogens is 2. The van der Waals surface area contributed by atoms with Gasteiger partial charge in [-0.15, -0.1) is 0 Å². The molecule has 0 saturated carbocycles. The van der Waals surface area contributed by atoms with Crippen molar-refractivity contribution in [2.45, 2.75) is 24.5 Å². The molecule has 20 heavy (non-hydrogen) atoms. The molecule has 0 bridgehead atoms. The maximum Gasteiger partial charge on any atom is 0.260 e. The molecule has 1 aliphatic rings. The molecule has 0 aliphatic carbocycles. The fourth-order valence-corrected chi connectivity index (χ4v) is 5.80. The first kappa shape index (κ1) is 15.4. The predicted molar refractivity (Wildman–Crippen MR) is 73.4 cm³/mol. The summed E-state index contributed by atoms with van der Waals surface area (Å²) in [5, 5.41) is 9.16. The lowest BCUT2D eigenvalue weighted by molar-refractivity contribution is 0.355. The quantitative estimate of drug-likeness (QED) is 0.730. The Morgan fingerprint density at radius 2 is 2.25 bits per heavy atom. The SMILES string of the molecule is CNCc1cn[nH]c1S(=O)(=O)N1CCS(=O)(=O)CC1C. The van der Waals surface area contributed by atoms with Crippen LogP contribution in [0.2, 0.25) is 0 Å². The van der Waals surface area contributed by atoms with E-state index in [4.69, 9.17) is 0 Å². The van der Waals surface area contributed by atoms with Crippen molar-refractivity contribution in [2.75, 3.05) is 25.1 Å². The maximum atomic E-state index is 12.6. The minimum atomic E-state index is -3.76. The summed E-state index contributed by atoms with van der Waals surface area (Å²) in [6.45, 7) is 1.94. The second kappa shape index (κ2) is 5.43. The second-order valence-electron chi connectivity index (χ2n) is 4.83. The minimum absolute atomic E-state index is 0.0240. The van der Waals surface area contributed by atoms with Crippen molar-refractivity contribution < 1.29 is 16.8 Å². The van der Waals surface area contributed by atoms with Gasteiger partial charge >= 0.3 is 0 Å². The third kappa shape index (κ3) is 2.87. The van der Waals surface area contributed by atoms with E-state index in [2.05, 4.69) is 15.5 Å². The van der Waals surface area contributed by atoms with Crippen LogP contribution >= 0.6 is 0 Å². The van der Waals surface area contributed by atoms with E-state index in [-0.39, 0.29) is 23.1 Å². The average molecular weight is 322 g/mol. The van der Waals surface area contributed by atoms with Crippen LogP contribution in [0.15, 0.2) is 11.2 Å². The molecule has 0 spiro atoms. The van der Waals surface area contributed by atoms with Gasteiger partial charge in [-0.25, -0.2) is 16.8 Å². The number of sulfone groups is 1. The van der Waals surface area contributed by atoms with E-state index in [1.807, 2.05) is 0 Å². The van der Waals surface area contributed by atoms with E-state index in [0.717, 1.165) is 0 Å². The number of hydrogen-bond acceptors (Lipinski definition) is 6. The van der Waals surface area contributed by atoms with Crippen LogP contribution in [0.25, 0.3) is 0 Å². The van der Waals surface area contributed by atoms with Gasteiger partial charge in [-0.2, -0.15) is 9.40 Å². The highest BCUT2D eigenvalue weighted by atomic mass is 32.2. The molecule has 8 nitrogen and oxygen atoms in total. The van der Waals surface area contributed by atoms with Crippen LogP contribution in [0.4, 0.5) is 0 Å². The van der Waals surface area contributed by atoms with Gasteiger partial charge in [0.05, 0.1) is 17.7 Å². The maximum absolute atomic E-state index is 12.6. The summed E-state index contributed by atoms with van der Waals surface area (Å²) in [7, 11) is -5.21. The zero-order chi connectivity index (χ0) is 15.0. The molecular weight excluding hydrogens is 304 g/mol. The summed E-state index contributed by atoms with van der Waals surface area (Å²) in [5.74, 6) is -0.298. The number of hydrogen-bond donors (Lipinski definition) is 2. The Bertz CT molecular complexity index is 680. The largest absolute Gasteiger partial charge is 0.316 e. The zero-order valence-electron chi connectivity index (χ0n) is 11.3. The first-order chi connectivity index (χ1) is 9.28. The highest BCUT2D eigenvalue weighted by molar-refractivity contribution is 7.92. The summed E-state index contributed by atoms with van der Waals surface area (Å²) in [6.07, 6.45) is 1.45. The van der Waals surface area contributed by atoms with Gasteiger partial charge in [0.2, 0.25) is 0 Å². The summed E-state index contributed by atoms with van der Waals surface area (Å²) in [5.41, 5.74) is 0.535. The molecule has 114 valence electrons. The van der Waals surface area contributed by atoms with Crippen LogP contribution in [0.5, 0.6) is 0 Å². The normalized spacial score (nSPS) is 23.8. The molecule has 1 saturated heterocycles. The van der Waals surface area contributed by atoms with Crippen LogP contribution in [-0.2, 0) is 26.4 Å². The van der Waals surface area contributed by atoms with Crippen LogP contribution in [-0.4, -0.2) is 62.5 Å². The van der Waals surface area contributed by atoms with Gasteiger partial charge in [0, 0.05) is 24.7 Å². The van der Waals surface area contributed by atoms with Crippen molar-refractivity contribution in [3.05, 3.63) is 11.8 Å². The van der Waals surface area contributed by atoms with Crippen LogP contribution in [0.1, 0.15) is 12.5 Å². The Balaban J connectivity index is 2.33. The number of nitrogens with one attached hydrogen (secondary N) is 2. The molecule has 2 heterocycles. The van der Waals surface area contributed by atoms with Gasteiger partial charge in [-0.05, 0) is 14.0 Å². The second-order valence-corrected chi connectivity index (χ2v) is 8.89. The van der Waals surface area contributed by atoms with E-state index in [9.17, 15) is 16.8 Å². The molecule has 1 fully saturated rings. The molecule has 1 aromatic heterocycles. The molecule has 2 N–H and O–H groups in total. The zero-order valence-corrected chi connectivity index (χ0v) is 13.0. The molecule has 1 unspecified atom stereocenters. The lowest BCUT2D eigenvalue weighted by Crippen LogP contribution is -2.49. The lowest BCUT2D eigenvalue weighted by atomic mass is 10.4. The number of aromatic amines is 1. The third-order valence-electron chi connectivity index (χ3n) is 3.22. The first-order valence-electron chi connectivity index (χ1n) is 6.17. The minimum Gasteiger partial charge on any atom is -0.316 e. The van der Waals surface area contributed by atoms with Crippen LogP contribution in [0, 0.1) is 0 Å². The number of sulfonamides is 1. The highest BCUT2D eigenvalue weighted by Crippen LogP contribution is 2.23. The van der Waals surface area contributed by atoms with Crippen molar-refractivity contribution in [3.63, 3.8) is 0 Å². The molecule has 0 aromatic carbocycles. The van der Waals surface area contributed by atoms with Gasteiger partial charge in [-0.3, -0.25) is 5.10 Å². The molecule has 1 atom stereocenters. The first-order valence-corrected chi connectivity index (χ1v) is 9.43. The average Bonchev–Trinajstić information content (AvgIpc) is 2.76. The van der Waals surface area contributed by atoms with Gasteiger partial charge in [0.15, 0.2) is 14.9 Å². The van der Waals surface area contributed by atoms with E-state index >= 15 is 0 Å². The molecule has 1 aromatic rings. The smallest absolute Gasteiger partial charge is 0.260 e. The van der Waals surface area contributed by atoms with Gasteiger partial charge in [-0.1, -0.05) is 0 Å². The van der Waals surface area contributed by atoms with Crippen molar-refractivity contribution in [1.29, 1.82) is 0 Å². The molecular formula is C10H18N4O4S2. The summed E-state index contributed by atoms with van der Waals surface area (Å²) < 4.78 is 49.5. The lowest BCUT2D eigenvalue weighted by Gasteiger charge is -2.31. The van der Waals surface area contributed by atoms with Gasteiger partial charge in [0.25, 0.3) is 10.0 Å². The summed E-state index contributed by atoms with van der Waals surface area (Å²) >= 11 is 0. The monoisotopic (exact) mass is 322 g/mol. The molecule has 0 radical (unpaired) electrons. The Morgan fingerprint density at radius 1 is 1.55 bits per heavy atom. The van der Waals surface area contributed by atoms with Gasteiger partial charge in [0.1, 0.15) is 0 Å². The van der Waals surface area contributed by atoms with Gasteiger partial charge < -0.3 is 5.32 Å². The van der Waals surface area contributed by atoms with E-state index in [1.54, 1.807) is 14.0 Å². The number of rotatable bonds is 4. The number of nitrogens with zero attached hydrogens (tertiary/aromatic N) is 2. The molecule has 0 amide bonds. The Hall–Kier alpha value is -0.970. The fraction of sp³-hybridized carbons (Fsp3) is 0.700. The van der Waals surface area contributed by atoms with Crippen molar-refractivity contribution in [2.24, 2.45) is 0 Å². The Kier molecular flexibility index (Phi) is 4.19. The molecule has 1 aliphatic heterocycles. The van der Waals surface area contributed by atoms with E-state index in [1.165, 1.54) is 10.5 Å². The standard InChI is InChI=1S/C10H18N4O4S2/c1-8-7-19(15,16)4-3-14(8)20(17,18)10-9(5-11-2)6-12-13-10/h6,8,11H,3-5,7H2,1-2H3,(H,12,13). The summed E-state index contributed by atoms with van der Waals surface area (Å²) in [6, 6.07) is -0.579. The van der Waals surface area contributed by atoms with Crippen molar-refractivity contribution in [1.82, 2.24) is 19.8 Å². The van der Waals surface area contributed by atoms with Crippen LogP contribution in [0.3, 0.4) is 0 Å². The molecule has 10 heteroatoms. The Morgan fingerprint density at radius 3 is 2.85 bits per heavy atom. The van der Waals surface area contributed by atoms with Crippen molar-refractivity contribution in [3.8, 4) is 0 Å². The number of H-pyrrole nitrogens is 1. The van der Waals surface area contributed by atoms with E-state index in [0.29, 0.717) is 12.1 Å². The predicted octanol–water partition coefficient (Wildman–Crippen LogP) is -1.06. The summed E-state index contributed by atoms with van der Waals surface area (Å²) in [4.78, 5) is 0. The Labute approximate surface area is 118 Å². The van der Waals surface area contributed by atoms with Crippen LogP contribution < -0.4 is 5.32 Å². The highest BCUT2D eigenvalue weighted by Gasteiger charge is 2.38. The third-order valence-corrected chi connectivity index (χ3v) is 7.05. The molecule has 2 rings (SSSR count). The van der Waals surface area contributed by atoms with Crippen molar-refractivity contribution >= 4 is 19.9 Å². The van der Waals surface area contributed by atoms with E-state index < -0.39 is 25.9 Å².